The van der Waals surface area contributed by atoms with E-state index < -0.39 is 0 Å². The van der Waals surface area contributed by atoms with Gasteiger partial charge in [-0.05, 0) is 53.8 Å². The van der Waals surface area contributed by atoms with E-state index in [0.717, 1.165) is 12.1 Å². The minimum Gasteiger partial charge on any atom is -0.313 e. The molecule has 0 aliphatic heterocycles. The van der Waals surface area contributed by atoms with Crippen molar-refractivity contribution in [1.82, 2.24) is 10.3 Å². The smallest absolute Gasteiger partial charge is 0.0949 e. The van der Waals surface area contributed by atoms with Gasteiger partial charge in [0.2, 0.25) is 0 Å². The first kappa shape index (κ1) is 13.2. The van der Waals surface area contributed by atoms with Crippen LogP contribution >= 0.6 is 38.6 Å². The van der Waals surface area contributed by atoms with Crippen molar-refractivity contribution in [2.45, 2.75) is 26.3 Å². The van der Waals surface area contributed by atoms with Gasteiger partial charge in [-0.25, -0.2) is 4.98 Å². The molecule has 2 rings (SSSR count). The average molecular weight is 331 g/mol. The highest BCUT2D eigenvalue weighted by molar-refractivity contribution is 9.11. The van der Waals surface area contributed by atoms with Crippen LogP contribution in [0.2, 0.25) is 0 Å². The number of hydrogen-bond acceptors (Lipinski definition) is 4. The maximum absolute atomic E-state index is 4.60. The lowest BCUT2D eigenvalue weighted by Gasteiger charge is -2.12. The van der Waals surface area contributed by atoms with Gasteiger partial charge in [0.1, 0.15) is 0 Å². The molecule has 5 heteroatoms. The van der Waals surface area contributed by atoms with Crippen molar-refractivity contribution in [3.63, 3.8) is 0 Å². The zero-order valence-corrected chi connectivity index (χ0v) is 13.3. The van der Waals surface area contributed by atoms with Gasteiger partial charge < -0.3 is 5.32 Å². The Morgan fingerprint density at radius 2 is 2.24 bits per heavy atom. The summed E-state index contributed by atoms with van der Waals surface area (Å²) in [4.78, 5) is 5.92. The number of nitrogens with one attached hydrogen (secondary N) is 1. The van der Waals surface area contributed by atoms with E-state index in [0.29, 0.717) is 6.04 Å². The fourth-order valence-electron chi connectivity index (χ4n) is 1.69. The van der Waals surface area contributed by atoms with Gasteiger partial charge in [0, 0.05) is 17.3 Å². The van der Waals surface area contributed by atoms with Crippen molar-refractivity contribution >= 4 is 38.6 Å². The van der Waals surface area contributed by atoms with Crippen LogP contribution in [0.1, 0.15) is 27.2 Å². The van der Waals surface area contributed by atoms with Crippen molar-refractivity contribution in [3.8, 4) is 0 Å². The number of aryl methyl sites for hydroxylation is 2. The van der Waals surface area contributed by atoms with Crippen LogP contribution in [0, 0.1) is 13.8 Å². The predicted octanol–water partition coefficient (Wildman–Crippen LogP) is 4.09. The molecule has 1 atom stereocenters. The molecule has 0 fully saturated rings. The Balaban J connectivity index is 2.15. The van der Waals surface area contributed by atoms with E-state index >= 15 is 0 Å². The maximum Gasteiger partial charge on any atom is 0.0949 e. The molecule has 0 aliphatic rings. The lowest BCUT2D eigenvalue weighted by Crippen LogP contribution is -2.18. The van der Waals surface area contributed by atoms with Crippen LogP contribution in [0.3, 0.4) is 0 Å². The first-order chi connectivity index (χ1) is 8.10. The highest BCUT2D eigenvalue weighted by atomic mass is 79.9. The molecular formula is C12H15BrN2S2. The molecule has 1 N–H and O–H groups in total. The molecular weight excluding hydrogens is 316 g/mol. The van der Waals surface area contributed by atoms with Gasteiger partial charge in [-0.3, -0.25) is 0 Å². The summed E-state index contributed by atoms with van der Waals surface area (Å²) in [5.41, 5.74) is 2.49. The zero-order chi connectivity index (χ0) is 12.4. The summed E-state index contributed by atoms with van der Waals surface area (Å²) < 4.78 is 1.18. The monoisotopic (exact) mass is 330 g/mol. The Morgan fingerprint density at radius 1 is 1.47 bits per heavy atom. The number of aromatic nitrogens is 1. The molecule has 2 heterocycles. The number of halogens is 1. The Labute approximate surface area is 118 Å². The molecule has 0 aliphatic carbocycles. The molecule has 0 bridgehead atoms. The maximum atomic E-state index is 4.60. The Kier molecular flexibility index (Phi) is 4.36. The lowest BCUT2D eigenvalue weighted by molar-refractivity contribution is 0.591. The lowest BCUT2D eigenvalue weighted by atomic mass is 10.1. The van der Waals surface area contributed by atoms with Crippen molar-refractivity contribution in [2.75, 3.05) is 7.05 Å². The largest absolute Gasteiger partial charge is 0.313 e. The van der Waals surface area contributed by atoms with Crippen LogP contribution in [-0.2, 0) is 6.42 Å². The van der Waals surface area contributed by atoms with Crippen molar-refractivity contribution in [2.24, 2.45) is 0 Å². The Morgan fingerprint density at radius 3 is 2.71 bits per heavy atom. The summed E-state index contributed by atoms with van der Waals surface area (Å²) in [6.45, 7) is 4.21. The van der Waals surface area contributed by atoms with Gasteiger partial charge in [-0.15, -0.1) is 22.7 Å². The quantitative estimate of drug-likeness (QED) is 0.913. The molecule has 0 saturated carbocycles. The van der Waals surface area contributed by atoms with Crippen LogP contribution in [0.4, 0.5) is 0 Å². The van der Waals surface area contributed by atoms with Crippen molar-refractivity contribution < 1.29 is 0 Å². The van der Waals surface area contributed by atoms with Crippen LogP contribution in [0.15, 0.2) is 15.2 Å². The number of hydrogen-bond donors (Lipinski definition) is 1. The van der Waals surface area contributed by atoms with Gasteiger partial charge in [0.05, 0.1) is 14.5 Å². The second-order valence-corrected chi connectivity index (χ2v) is 7.56. The molecule has 2 aromatic rings. The van der Waals surface area contributed by atoms with Crippen LogP contribution < -0.4 is 5.32 Å². The van der Waals surface area contributed by atoms with E-state index in [9.17, 15) is 0 Å². The van der Waals surface area contributed by atoms with Gasteiger partial charge >= 0.3 is 0 Å². The van der Waals surface area contributed by atoms with E-state index in [1.54, 1.807) is 22.7 Å². The van der Waals surface area contributed by atoms with Crippen molar-refractivity contribution in [1.29, 1.82) is 0 Å². The molecule has 0 aromatic carbocycles. The molecule has 2 aromatic heterocycles. The molecule has 0 spiro atoms. The number of thiophene rings is 1. The van der Waals surface area contributed by atoms with E-state index in [1.807, 2.05) is 7.05 Å². The second kappa shape index (κ2) is 5.61. The number of thiazole rings is 1. The summed E-state index contributed by atoms with van der Waals surface area (Å²) in [5, 5.41) is 6.76. The minimum atomic E-state index is 0.350. The molecule has 92 valence electrons. The van der Waals surface area contributed by atoms with Crippen LogP contribution in [0.25, 0.3) is 0 Å². The third-order valence-corrected chi connectivity index (χ3v) is 5.41. The van der Waals surface area contributed by atoms with Gasteiger partial charge in [-0.1, -0.05) is 0 Å². The van der Waals surface area contributed by atoms with Gasteiger partial charge in [0.15, 0.2) is 0 Å². The van der Waals surface area contributed by atoms with E-state index in [1.165, 1.54) is 19.2 Å². The summed E-state index contributed by atoms with van der Waals surface area (Å²) in [5.74, 6) is 0. The van der Waals surface area contributed by atoms with Crippen LogP contribution in [0.5, 0.6) is 0 Å². The number of nitrogens with zero attached hydrogens (tertiary/aromatic N) is 1. The fraction of sp³-hybridized carbons (Fsp3) is 0.417. The molecule has 0 saturated heterocycles. The molecule has 0 amide bonds. The SMILES string of the molecule is CNC(Cc1nc(C)c(C)s1)c1csc(Br)c1. The highest BCUT2D eigenvalue weighted by Gasteiger charge is 2.14. The van der Waals surface area contributed by atoms with E-state index in [2.05, 4.69) is 51.5 Å². The summed E-state index contributed by atoms with van der Waals surface area (Å²) >= 11 is 7.04. The van der Waals surface area contributed by atoms with E-state index in [4.69, 9.17) is 0 Å². The van der Waals surface area contributed by atoms with Crippen molar-refractivity contribution in [3.05, 3.63) is 36.4 Å². The first-order valence-corrected chi connectivity index (χ1v) is 7.93. The average Bonchev–Trinajstić information content (AvgIpc) is 2.83. The molecule has 17 heavy (non-hydrogen) atoms. The third-order valence-electron chi connectivity index (χ3n) is 2.79. The molecule has 0 radical (unpaired) electrons. The highest BCUT2D eigenvalue weighted by Crippen LogP contribution is 2.28. The Bertz CT molecular complexity index is 485. The minimum absolute atomic E-state index is 0.350. The molecule has 2 nitrogen and oxygen atoms in total. The number of likely N-dealkylation sites (N-methyl/N-ethyl adjacent to an activating group) is 1. The first-order valence-electron chi connectivity index (χ1n) is 5.44. The predicted molar refractivity (Wildman–Crippen MR) is 79.1 cm³/mol. The standard InChI is InChI=1S/C12H15BrN2S2/c1-7-8(2)17-12(15-7)5-10(14-3)9-4-11(13)16-6-9/h4,6,10,14H,5H2,1-3H3. The fourth-order valence-corrected chi connectivity index (χ4v) is 3.90. The zero-order valence-electron chi connectivity index (χ0n) is 10.1. The van der Waals surface area contributed by atoms with Crippen LogP contribution in [-0.4, -0.2) is 12.0 Å². The normalized spacial score (nSPS) is 12.9. The third kappa shape index (κ3) is 3.16. The van der Waals surface area contributed by atoms with Gasteiger partial charge in [0.25, 0.3) is 0 Å². The van der Waals surface area contributed by atoms with Gasteiger partial charge in [-0.2, -0.15) is 0 Å². The number of rotatable bonds is 4. The summed E-state index contributed by atoms with van der Waals surface area (Å²) in [6.07, 6.45) is 0.957. The second-order valence-electron chi connectivity index (χ2n) is 3.98. The topological polar surface area (TPSA) is 24.9 Å². The summed E-state index contributed by atoms with van der Waals surface area (Å²) in [7, 11) is 2.00. The summed E-state index contributed by atoms with van der Waals surface area (Å²) in [6, 6.07) is 2.53. The molecule has 1 unspecified atom stereocenters. The Hall–Kier alpha value is -0.230. The van der Waals surface area contributed by atoms with E-state index in [-0.39, 0.29) is 0 Å².